The number of nitrogens with two attached hydrogens (primary N) is 2. The van der Waals surface area contributed by atoms with Crippen molar-refractivity contribution < 1.29 is 9.59 Å². The van der Waals surface area contributed by atoms with Crippen molar-refractivity contribution in [3.8, 4) is 0 Å². The molecule has 1 heterocycles. The first-order chi connectivity index (χ1) is 9.11. The Labute approximate surface area is 112 Å². The van der Waals surface area contributed by atoms with Gasteiger partial charge in [0.15, 0.2) is 0 Å². The number of amides is 2. The average molecular weight is 261 g/mol. The second-order valence-corrected chi connectivity index (χ2v) is 4.83. The molecule has 0 bridgehead atoms. The molecule has 1 fully saturated rings. The van der Waals surface area contributed by atoms with Crippen LogP contribution in [0.15, 0.2) is 30.3 Å². The van der Waals surface area contributed by atoms with Gasteiger partial charge in [0.1, 0.15) is 12.1 Å². The summed E-state index contributed by atoms with van der Waals surface area (Å²) in [5.74, 6) is -0.678. The largest absolute Gasteiger partial charge is 0.368 e. The van der Waals surface area contributed by atoms with Crippen LogP contribution >= 0.6 is 0 Å². The van der Waals surface area contributed by atoms with Crippen molar-refractivity contribution in [2.45, 2.75) is 31.3 Å². The zero-order chi connectivity index (χ0) is 13.8. The highest BCUT2D eigenvalue weighted by Crippen LogP contribution is 2.21. The van der Waals surface area contributed by atoms with Gasteiger partial charge in [-0.3, -0.25) is 9.59 Å². The van der Waals surface area contributed by atoms with Gasteiger partial charge in [-0.05, 0) is 24.8 Å². The lowest BCUT2D eigenvalue weighted by Crippen LogP contribution is -2.52. The molecule has 1 aromatic carbocycles. The minimum Gasteiger partial charge on any atom is -0.368 e. The summed E-state index contributed by atoms with van der Waals surface area (Å²) in [5, 5.41) is 0. The van der Waals surface area contributed by atoms with Crippen molar-refractivity contribution >= 4 is 11.8 Å². The molecular weight excluding hydrogens is 242 g/mol. The minimum absolute atomic E-state index is 0.227. The third-order valence-corrected chi connectivity index (χ3v) is 3.54. The number of piperidine rings is 1. The van der Waals surface area contributed by atoms with E-state index in [4.69, 9.17) is 11.5 Å². The maximum atomic E-state index is 12.4. The SMILES string of the molecule is NC(=O)C1CCCCN1C(=O)[C@@H](N)c1ccccc1. The fraction of sp³-hybridized carbons (Fsp3) is 0.429. The molecule has 1 aromatic rings. The highest BCUT2D eigenvalue weighted by atomic mass is 16.2. The van der Waals surface area contributed by atoms with E-state index in [0.717, 1.165) is 18.4 Å². The molecule has 0 radical (unpaired) electrons. The molecule has 2 rings (SSSR count). The van der Waals surface area contributed by atoms with Crippen LogP contribution in [-0.4, -0.2) is 29.3 Å². The highest BCUT2D eigenvalue weighted by Gasteiger charge is 2.33. The van der Waals surface area contributed by atoms with Crippen molar-refractivity contribution in [3.05, 3.63) is 35.9 Å². The van der Waals surface area contributed by atoms with Crippen LogP contribution < -0.4 is 11.5 Å². The summed E-state index contributed by atoms with van der Waals surface area (Å²) in [6.07, 6.45) is 2.43. The fourth-order valence-electron chi connectivity index (χ4n) is 2.47. The van der Waals surface area contributed by atoms with Crippen molar-refractivity contribution in [2.24, 2.45) is 11.5 Å². The summed E-state index contributed by atoms with van der Waals surface area (Å²) in [4.78, 5) is 25.4. The van der Waals surface area contributed by atoms with Gasteiger partial charge in [-0.25, -0.2) is 0 Å². The van der Waals surface area contributed by atoms with Crippen molar-refractivity contribution in [1.29, 1.82) is 0 Å². The van der Waals surface area contributed by atoms with Gasteiger partial charge in [0.25, 0.3) is 0 Å². The number of likely N-dealkylation sites (tertiary alicyclic amines) is 1. The highest BCUT2D eigenvalue weighted by molar-refractivity contribution is 5.89. The number of benzene rings is 1. The van der Waals surface area contributed by atoms with E-state index >= 15 is 0 Å². The number of hydrogen-bond donors (Lipinski definition) is 2. The lowest BCUT2D eigenvalue weighted by atomic mass is 9.99. The van der Waals surface area contributed by atoms with Gasteiger partial charge in [-0.2, -0.15) is 0 Å². The molecule has 1 aliphatic rings. The maximum Gasteiger partial charge on any atom is 0.244 e. The molecule has 5 nitrogen and oxygen atoms in total. The van der Waals surface area contributed by atoms with E-state index in [9.17, 15) is 9.59 Å². The van der Waals surface area contributed by atoms with Crippen LogP contribution in [0.2, 0.25) is 0 Å². The molecule has 1 aliphatic heterocycles. The first-order valence-corrected chi connectivity index (χ1v) is 6.51. The third-order valence-electron chi connectivity index (χ3n) is 3.54. The summed E-state index contributed by atoms with van der Waals surface area (Å²) < 4.78 is 0. The molecule has 0 aliphatic carbocycles. The van der Waals surface area contributed by atoms with Crippen LogP contribution in [0.3, 0.4) is 0 Å². The molecule has 2 amide bonds. The summed E-state index contributed by atoms with van der Waals surface area (Å²) in [7, 11) is 0. The topological polar surface area (TPSA) is 89.4 Å². The molecule has 5 heteroatoms. The summed E-state index contributed by atoms with van der Waals surface area (Å²) >= 11 is 0. The van der Waals surface area contributed by atoms with Gasteiger partial charge in [0.2, 0.25) is 11.8 Å². The number of carbonyl (C=O) groups excluding carboxylic acids is 2. The molecule has 1 saturated heterocycles. The molecule has 0 aromatic heterocycles. The number of carbonyl (C=O) groups is 2. The fourth-order valence-corrected chi connectivity index (χ4v) is 2.47. The second-order valence-electron chi connectivity index (χ2n) is 4.83. The Morgan fingerprint density at radius 1 is 1.21 bits per heavy atom. The van der Waals surface area contributed by atoms with Gasteiger partial charge >= 0.3 is 0 Å². The Kier molecular flexibility index (Phi) is 4.16. The number of rotatable bonds is 3. The zero-order valence-corrected chi connectivity index (χ0v) is 10.8. The maximum absolute atomic E-state index is 12.4. The van der Waals surface area contributed by atoms with Crippen LogP contribution in [0.1, 0.15) is 30.9 Å². The van der Waals surface area contributed by atoms with Gasteiger partial charge in [-0.15, -0.1) is 0 Å². The smallest absolute Gasteiger partial charge is 0.244 e. The molecule has 1 unspecified atom stereocenters. The molecule has 0 spiro atoms. The van der Waals surface area contributed by atoms with Crippen molar-refractivity contribution in [2.75, 3.05) is 6.54 Å². The minimum atomic E-state index is -0.735. The number of hydrogen-bond acceptors (Lipinski definition) is 3. The first-order valence-electron chi connectivity index (χ1n) is 6.51. The molecule has 19 heavy (non-hydrogen) atoms. The summed E-state index contributed by atoms with van der Waals surface area (Å²) in [6.45, 7) is 0.549. The predicted molar refractivity (Wildman–Crippen MR) is 71.9 cm³/mol. The van der Waals surface area contributed by atoms with Gasteiger partial charge in [0.05, 0.1) is 0 Å². The Hall–Kier alpha value is -1.88. The van der Waals surface area contributed by atoms with Crippen LogP contribution in [-0.2, 0) is 9.59 Å². The molecular formula is C14H19N3O2. The van der Waals surface area contributed by atoms with Gasteiger partial charge in [-0.1, -0.05) is 30.3 Å². The zero-order valence-electron chi connectivity index (χ0n) is 10.8. The predicted octanol–water partition coefficient (Wildman–Crippen LogP) is 0.553. The van der Waals surface area contributed by atoms with Crippen LogP contribution in [0, 0.1) is 0 Å². The Morgan fingerprint density at radius 2 is 1.89 bits per heavy atom. The second kappa shape index (κ2) is 5.84. The lowest BCUT2D eigenvalue weighted by Gasteiger charge is -2.35. The van der Waals surface area contributed by atoms with E-state index in [-0.39, 0.29) is 5.91 Å². The molecule has 2 atom stereocenters. The van der Waals surface area contributed by atoms with E-state index < -0.39 is 18.0 Å². The van der Waals surface area contributed by atoms with Crippen LogP contribution in [0.4, 0.5) is 0 Å². The molecule has 102 valence electrons. The third kappa shape index (κ3) is 2.93. The normalized spacial score (nSPS) is 20.9. The summed E-state index contributed by atoms with van der Waals surface area (Å²) in [6, 6.07) is 7.91. The quantitative estimate of drug-likeness (QED) is 0.832. The van der Waals surface area contributed by atoms with Crippen molar-refractivity contribution in [1.82, 2.24) is 4.90 Å². The monoisotopic (exact) mass is 261 g/mol. The van der Waals surface area contributed by atoms with Gasteiger partial charge < -0.3 is 16.4 Å². The van der Waals surface area contributed by atoms with E-state index in [2.05, 4.69) is 0 Å². The number of nitrogens with zero attached hydrogens (tertiary/aromatic N) is 1. The van der Waals surface area contributed by atoms with E-state index in [0.29, 0.717) is 13.0 Å². The number of primary amides is 1. The van der Waals surface area contributed by atoms with Gasteiger partial charge in [0, 0.05) is 6.54 Å². The van der Waals surface area contributed by atoms with E-state index in [1.54, 1.807) is 0 Å². The van der Waals surface area contributed by atoms with E-state index in [1.165, 1.54) is 4.90 Å². The average Bonchev–Trinajstić information content (AvgIpc) is 2.46. The molecule has 4 N–H and O–H groups in total. The van der Waals surface area contributed by atoms with Crippen molar-refractivity contribution in [3.63, 3.8) is 0 Å². The van der Waals surface area contributed by atoms with E-state index in [1.807, 2.05) is 30.3 Å². The van der Waals surface area contributed by atoms with Crippen LogP contribution in [0.25, 0.3) is 0 Å². The van der Waals surface area contributed by atoms with Crippen LogP contribution in [0.5, 0.6) is 0 Å². The Bertz CT molecular complexity index is 461. The lowest BCUT2D eigenvalue weighted by molar-refractivity contribution is -0.142. The Balaban J connectivity index is 2.15. The molecule has 0 saturated carbocycles. The first kappa shape index (κ1) is 13.5. The Morgan fingerprint density at radius 3 is 2.53 bits per heavy atom. The summed E-state index contributed by atoms with van der Waals surface area (Å²) in [5.41, 5.74) is 12.1. The standard InChI is InChI=1S/C14H19N3O2/c15-12(10-6-2-1-3-7-10)14(19)17-9-5-4-8-11(17)13(16)18/h1-3,6-7,11-12H,4-5,8-9,15H2,(H2,16,18)/t11?,12-/m0/s1.